The van der Waals surface area contributed by atoms with Crippen LogP contribution in [0.1, 0.15) is 26.2 Å². The lowest BCUT2D eigenvalue weighted by Gasteiger charge is -2.30. The van der Waals surface area contributed by atoms with E-state index >= 15 is 0 Å². The molecule has 0 aliphatic carbocycles. The van der Waals surface area contributed by atoms with Crippen molar-refractivity contribution >= 4 is 5.97 Å². The smallest absolute Gasteiger partial charge is 0.326 e. The number of carbonyl (C=O) groups excluding carboxylic acids is 1. The van der Waals surface area contributed by atoms with E-state index in [-0.39, 0.29) is 11.5 Å². The summed E-state index contributed by atoms with van der Waals surface area (Å²) in [4.78, 5) is 13.7. The summed E-state index contributed by atoms with van der Waals surface area (Å²) in [6.07, 6.45) is 3.32. The Bertz CT molecular complexity index is 199. The van der Waals surface area contributed by atoms with Crippen LogP contribution in [0.2, 0.25) is 0 Å². The second-order valence-electron chi connectivity index (χ2n) is 3.85. The van der Waals surface area contributed by atoms with Crippen LogP contribution in [0.15, 0.2) is 0 Å². The lowest BCUT2D eigenvalue weighted by Crippen LogP contribution is -2.48. The van der Waals surface area contributed by atoms with Gasteiger partial charge in [-0.25, -0.2) is 0 Å². The highest BCUT2D eigenvalue weighted by Gasteiger charge is 2.45. The Morgan fingerprint density at radius 1 is 1.42 bits per heavy atom. The molecule has 0 N–H and O–H groups in total. The average molecular weight is 169 g/mol. The minimum atomic E-state index is -0.295. The van der Waals surface area contributed by atoms with Gasteiger partial charge in [-0.1, -0.05) is 0 Å². The molecule has 0 amide bonds. The van der Waals surface area contributed by atoms with Gasteiger partial charge in [0.25, 0.3) is 0 Å². The van der Waals surface area contributed by atoms with E-state index in [0.717, 1.165) is 19.5 Å². The zero-order chi connectivity index (χ0) is 8.60. The molecule has 2 fully saturated rings. The molecule has 0 aromatic heterocycles. The van der Waals surface area contributed by atoms with Crippen LogP contribution in [0.3, 0.4) is 0 Å². The molecular weight excluding hydrogens is 154 g/mol. The Morgan fingerprint density at radius 2 is 2.08 bits per heavy atom. The predicted octanol–water partition coefficient (Wildman–Crippen LogP) is 0.788. The number of ether oxygens (including phenoxy) is 1. The molecule has 1 atom stereocenters. The molecule has 3 nitrogen and oxygen atoms in total. The van der Waals surface area contributed by atoms with Crippen LogP contribution in [0, 0.1) is 0 Å². The Hall–Kier alpha value is -0.570. The van der Waals surface area contributed by atoms with E-state index in [4.69, 9.17) is 4.74 Å². The molecule has 2 saturated heterocycles. The predicted molar refractivity (Wildman–Crippen MR) is 44.8 cm³/mol. The van der Waals surface area contributed by atoms with Gasteiger partial charge in [0.15, 0.2) is 0 Å². The minimum absolute atomic E-state index is 0.0237. The second-order valence-corrected chi connectivity index (χ2v) is 3.85. The summed E-state index contributed by atoms with van der Waals surface area (Å²) in [5.74, 6) is -0.0237. The van der Waals surface area contributed by atoms with E-state index in [1.807, 2.05) is 6.92 Å². The number of hydrogen-bond acceptors (Lipinski definition) is 3. The molecule has 0 spiro atoms. The van der Waals surface area contributed by atoms with Crippen LogP contribution >= 0.6 is 0 Å². The number of nitrogens with zero attached hydrogens (tertiary/aromatic N) is 1. The second kappa shape index (κ2) is 2.73. The summed E-state index contributed by atoms with van der Waals surface area (Å²) in [6, 6.07) is 0. The highest BCUT2D eigenvalue weighted by atomic mass is 16.5. The molecule has 68 valence electrons. The fraction of sp³-hybridized carbons (Fsp3) is 0.889. The molecule has 0 bridgehead atoms. The summed E-state index contributed by atoms with van der Waals surface area (Å²) in [5.41, 5.74) is -0.295. The molecule has 2 aliphatic rings. The van der Waals surface area contributed by atoms with E-state index in [1.54, 1.807) is 0 Å². The number of hydrogen-bond donors (Lipinski definition) is 0. The summed E-state index contributed by atoms with van der Waals surface area (Å²) in [7, 11) is 0. The van der Waals surface area contributed by atoms with Crippen molar-refractivity contribution < 1.29 is 9.53 Å². The maximum absolute atomic E-state index is 11.4. The molecule has 1 unspecified atom stereocenters. The molecule has 0 aromatic rings. The molecule has 0 saturated carbocycles. The van der Waals surface area contributed by atoms with Gasteiger partial charge in [0.2, 0.25) is 0 Å². The first kappa shape index (κ1) is 8.05. The van der Waals surface area contributed by atoms with Crippen LogP contribution < -0.4 is 0 Å². The van der Waals surface area contributed by atoms with Crippen LogP contribution in [0.5, 0.6) is 0 Å². The third-order valence-electron chi connectivity index (χ3n) is 3.07. The van der Waals surface area contributed by atoms with Crippen molar-refractivity contribution in [1.29, 1.82) is 0 Å². The fourth-order valence-electron chi connectivity index (χ4n) is 2.10. The number of esters is 1. The zero-order valence-corrected chi connectivity index (χ0v) is 7.51. The largest absolute Gasteiger partial charge is 0.464 e. The molecule has 2 aliphatic heterocycles. The van der Waals surface area contributed by atoms with E-state index in [1.165, 1.54) is 12.8 Å². The fourth-order valence-corrected chi connectivity index (χ4v) is 2.10. The van der Waals surface area contributed by atoms with Gasteiger partial charge in [-0.2, -0.15) is 0 Å². The lowest BCUT2D eigenvalue weighted by atomic mass is 9.99. The third kappa shape index (κ3) is 1.04. The quantitative estimate of drug-likeness (QED) is 0.543. The molecule has 2 rings (SSSR count). The first-order valence-electron chi connectivity index (χ1n) is 4.66. The Morgan fingerprint density at radius 3 is 2.58 bits per heavy atom. The van der Waals surface area contributed by atoms with Gasteiger partial charge in [-0.3, -0.25) is 9.69 Å². The van der Waals surface area contributed by atoms with Gasteiger partial charge in [-0.15, -0.1) is 0 Å². The van der Waals surface area contributed by atoms with E-state index in [2.05, 4.69) is 4.90 Å². The summed E-state index contributed by atoms with van der Waals surface area (Å²) in [6.45, 7) is 4.73. The number of likely N-dealkylation sites (tertiary alicyclic amines) is 1. The minimum Gasteiger partial charge on any atom is -0.464 e. The van der Waals surface area contributed by atoms with Crippen molar-refractivity contribution in [3.8, 4) is 0 Å². The first-order valence-corrected chi connectivity index (χ1v) is 4.66. The molecular formula is C9H15NO2. The average Bonchev–Trinajstić information content (AvgIpc) is 2.62. The Labute approximate surface area is 72.7 Å². The van der Waals surface area contributed by atoms with Crippen molar-refractivity contribution in [2.24, 2.45) is 0 Å². The van der Waals surface area contributed by atoms with Crippen molar-refractivity contribution in [2.75, 3.05) is 19.7 Å². The molecule has 0 aromatic carbocycles. The zero-order valence-electron chi connectivity index (χ0n) is 7.51. The van der Waals surface area contributed by atoms with Crippen LogP contribution in [0.4, 0.5) is 0 Å². The molecule has 12 heavy (non-hydrogen) atoms. The van der Waals surface area contributed by atoms with Gasteiger partial charge in [0.1, 0.15) is 5.54 Å². The SMILES string of the molecule is CC1(N2CCCC2)CCOC1=O. The van der Waals surface area contributed by atoms with Gasteiger partial charge in [-0.05, 0) is 32.9 Å². The number of cyclic esters (lactones) is 1. The van der Waals surface area contributed by atoms with E-state index in [0.29, 0.717) is 6.61 Å². The van der Waals surface area contributed by atoms with Crippen LogP contribution in [-0.2, 0) is 9.53 Å². The highest BCUT2D eigenvalue weighted by Crippen LogP contribution is 2.29. The monoisotopic (exact) mass is 169 g/mol. The molecule has 2 heterocycles. The maximum Gasteiger partial charge on any atom is 0.326 e. The summed E-state index contributed by atoms with van der Waals surface area (Å²) in [5, 5.41) is 0. The number of rotatable bonds is 1. The number of carbonyl (C=O) groups is 1. The molecule has 3 heteroatoms. The topological polar surface area (TPSA) is 29.5 Å². The van der Waals surface area contributed by atoms with Crippen LogP contribution in [0.25, 0.3) is 0 Å². The third-order valence-corrected chi connectivity index (χ3v) is 3.07. The Kier molecular flexibility index (Phi) is 1.83. The highest BCUT2D eigenvalue weighted by molar-refractivity contribution is 5.82. The van der Waals surface area contributed by atoms with Crippen LogP contribution in [-0.4, -0.2) is 36.1 Å². The van der Waals surface area contributed by atoms with E-state index < -0.39 is 0 Å². The lowest BCUT2D eigenvalue weighted by molar-refractivity contribution is -0.146. The van der Waals surface area contributed by atoms with Gasteiger partial charge < -0.3 is 4.74 Å². The normalized spacial score (nSPS) is 37.2. The molecule has 0 radical (unpaired) electrons. The van der Waals surface area contributed by atoms with Crippen molar-refractivity contribution in [3.05, 3.63) is 0 Å². The van der Waals surface area contributed by atoms with Crippen molar-refractivity contribution in [3.63, 3.8) is 0 Å². The first-order chi connectivity index (χ1) is 5.73. The summed E-state index contributed by atoms with van der Waals surface area (Å²) >= 11 is 0. The van der Waals surface area contributed by atoms with Gasteiger partial charge in [0.05, 0.1) is 6.61 Å². The standard InChI is InChI=1S/C9H15NO2/c1-9(4-7-12-8(9)11)10-5-2-3-6-10/h2-7H2,1H3. The van der Waals surface area contributed by atoms with Crippen molar-refractivity contribution in [2.45, 2.75) is 31.7 Å². The Balaban J connectivity index is 2.13. The van der Waals surface area contributed by atoms with Gasteiger partial charge >= 0.3 is 5.97 Å². The van der Waals surface area contributed by atoms with E-state index in [9.17, 15) is 4.79 Å². The maximum atomic E-state index is 11.4. The summed E-state index contributed by atoms with van der Waals surface area (Å²) < 4.78 is 5.00. The van der Waals surface area contributed by atoms with Crippen molar-refractivity contribution in [1.82, 2.24) is 4.90 Å². The van der Waals surface area contributed by atoms with Gasteiger partial charge in [0, 0.05) is 6.42 Å².